The van der Waals surface area contributed by atoms with Crippen molar-refractivity contribution in [2.24, 2.45) is 63.6 Å². The summed E-state index contributed by atoms with van der Waals surface area (Å²) in [7, 11) is 0. The number of ether oxygens (including phenoxy) is 2. The van der Waals surface area contributed by atoms with Gasteiger partial charge < -0.3 is 24.8 Å². The van der Waals surface area contributed by atoms with E-state index in [0.29, 0.717) is 43.4 Å². The molecule has 0 aromatic carbocycles. The maximum atomic E-state index is 12.7. The highest BCUT2D eigenvalue weighted by atomic mass is 16.6. The number of esters is 2. The molecule has 0 heterocycles. The molecule has 0 spiro atoms. The third-order valence-electron chi connectivity index (χ3n) is 13.5. The average Bonchev–Trinajstić information content (AvgIpc) is 3.47. The summed E-state index contributed by atoms with van der Waals surface area (Å²) < 4.78 is 12.3. The van der Waals surface area contributed by atoms with Crippen molar-refractivity contribution in [2.45, 2.75) is 125 Å². The second kappa shape index (κ2) is 10.3. The minimum absolute atomic E-state index is 0.124. The molecular formula is C34H54O7. The van der Waals surface area contributed by atoms with E-state index in [2.05, 4.69) is 48.5 Å². The zero-order valence-electron chi connectivity index (χ0n) is 26.6. The molecule has 0 radical (unpaired) electrons. The fourth-order valence-corrected chi connectivity index (χ4v) is 11.1. The van der Waals surface area contributed by atoms with E-state index in [4.69, 9.17) is 9.47 Å². The van der Waals surface area contributed by atoms with Gasteiger partial charge in [0, 0.05) is 31.1 Å². The molecule has 15 atom stereocenters. The molecule has 0 bridgehead atoms. The van der Waals surface area contributed by atoms with Crippen LogP contribution in [0.15, 0.2) is 11.6 Å². The number of carbonyl (C=O) groups excluding carboxylic acids is 2. The van der Waals surface area contributed by atoms with Crippen LogP contribution in [0.1, 0.15) is 94.4 Å². The van der Waals surface area contributed by atoms with Crippen LogP contribution in [0.2, 0.25) is 0 Å². The summed E-state index contributed by atoms with van der Waals surface area (Å²) in [6, 6.07) is 0. The van der Waals surface area contributed by atoms with Gasteiger partial charge in [0.1, 0.15) is 12.2 Å². The molecule has 7 heteroatoms. The molecule has 5 aliphatic carbocycles. The van der Waals surface area contributed by atoms with Gasteiger partial charge in [0.05, 0.1) is 18.3 Å². The molecule has 4 fully saturated rings. The molecule has 0 aliphatic heterocycles. The molecule has 0 aromatic rings. The first-order valence-electron chi connectivity index (χ1n) is 16.1. The van der Waals surface area contributed by atoms with Crippen molar-refractivity contribution in [3.8, 4) is 0 Å². The summed E-state index contributed by atoms with van der Waals surface area (Å²) in [6.45, 7) is 18.6. The van der Waals surface area contributed by atoms with Gasteiger partial charge in [-0.3, -0.25) is 9.59 Å². The standard InChI is InChI=1S/C34H54O7/c1-16(2)18(4)33(8)15-24(33)17(3)28-26(40-19(5)35)14-23-27-25(38)13-21-12-22(37)10-11-32(21,7)29(27)30(39)31(34(23,28)9)41-20(6)36/h13,16-18,22-31,37-39H,10-12,14-15H2,1-9H3/t17-,18-,22+,23+,24-,25-,26-,27-,28+,29-,30+,31-,32+,33-,34+/m1/s1. The Kier molecular flexibility index (Phi) is 7.81. The van der Waals surface area contributed by atoms with Gasteiger partial charge in [0.2, 0.25) is 0 Å². The first-order valence-corrected chi connectivity index (χ1v) is 16.1. The predicted molar refractivity (Wildman–Crippen MR) is 155 cm³/mol. The van der Waals surface area contributed by atoms with E-state index in [9.17, 15) is 24.9 Å². The smallest absolute Gasteiger partial charge is 0.303 e. The molecule has 41 heavy (non-hydrogen) atoms. The minimum Gasteiger partial charge on any atom is -0.462 e. The van der Waals surface area contributed by atoms with Crippen molar-refractivity contribution < 1.29 is 34.4 Å². The van der Waals surface area contributed by atoms with Gasteiger partial charge in [0.25, 0.3) is 0 Å². The van der Waals surface area contributed by atoms with Crippen LogP contribution in [0.5, 0.6) is 0 Å². The summed E-state index contributed by atoms with van der Waals surface area (Å²) in [5, 5.41) is 34.5. The first kappa shape index (κ1) is 31.0. The Morgan fingerprint density at radius 2 is 1.63 bits per heavy atom. The molecule has 5 aliphatic rings. The van der Waals surface area contributed by atoms with Gasteiger partial charge in [-0.1, -0.05) is 60.1 Å². The first-order chi connectivity index (χ1) is 19.0. The largest absolute Gasteiger partial charge is 0.462 e. The Balaban J connectivity index is 1.62. The molecule has 0 aromatic heterocycles. The summed E-state index contributed by atoms with van der Waals surface area (Å²) in [4.78, 5) is 25.1. The average molecular weight is 575 g/mol. The summed E-state index contributed by atoms with van der Waals surface area (Å²) >= 11 is 0. The van der Waals surface area contributed by atoms with Gasteiger partial charge >= 0.3 is 11.9 Å². The van der Waals surface area contributed by atoms with Crippen LogP contribution in [0.3, 0.4) is 0 Å². The number of aliphatic hydroxyl groups is 3. The van der Waals surface area contributed by atoms with Crippen molar-refractivity contribution in [3.63, 3.8) is 0 Å². The van der Waals surface area contributed by atoms with E-state index in [-0.39, 0.29) is 47.1 Å². The minimum atomic E-state index is -0.991. The highest BCUT2D eigenvalue weighted by molar-refractivity contribution is 5.67. The lowest BCUT2D eigenvalue weighted by atomic mass is 9.44. The highest BCUT2D eigenvalue weighted by Gasteiger charge is 2.73. The van der Waals surface area contributed by atoms with E-state index in [1.807, 2.05) is 6.08 Å². The predicted octanol–water partition coefficient (Wildman–Crippen LogP) is 4.91. The van der Waals surface area contributed by atoms with Crippen LogP contribution < -0.4 is 0 Å². The van der Waals surface area contributed by atoms with Crippen LogP contribution in [0, 0.1) is 63.6 Å². The Bertz CT molecular complexity index is 1080. The van der Waals surface area contributed by atoms with Crippen LogP contribution >= 0.6 is 0 Å². The number of hydrogen-bond donors (Lipinski definition) is 3. The third-order valence-corrected chi connectivity index (χ3v) is 13.5. The number of fused-ring (bicyclic) bond motifs is 5. The molecule has 0 saturated heterocycles. The lowest BCUT2D eigenvalue weighted by Crippen LogP contribution is -2.67. The molecule has 0 amide bonds. The normalized spacial score (nSPS) is 50.1. The lowest BCUT2D eigenvalue weighted by Gasteiger charge is -2.62. The fourth-order valence-electron chi connectivity index (χ4n) is 11.1. The zero-order valence-corrected chi connectivity index (χ0v) is 26.6. The SMILES string of the molecule is CC(=O)O[C@@H]1[C@@H](O)[C@H]2[C@@H]([C@H](O)C=C3C[C@@H](O)CC[C@@]32C)[C@@H]2C[C@@H](OC(C)=O)[C@H]([C@H](C)[C@H]3C[C@]3(C)[C@H](C)C(C)C)[C@@]12C. The third kappa shape index (κ3) is 4.63. The summed E-state index contributed by atoms with van der Waals surface area (Å²) in [5.74, 6) is 0.0202. The van der Waals surface area contributed by atoms with Crippen molar-refractivity contribution in [2.75, 3.05) is 0 Å². The van der Waals surface area contributed by atoms with Gasteiger partial charge in [-0.15, -0.1) is 0 Å². The highest BCUT2D eigenvalue weighted by Crippen LogP contribution is 2.72. The van der Waals surface area contributed by atoms with Crippen molar-refractivity contribution in [3.05, 3.63) is 11.6 Å². The van der Waals surface area contributed by atoms with Crippen LogP contribution in [0.25, 0.3) is 0 Å². The molecule has 0 unspecified atom stereocenters. The topological polar surface area (TPSA) is 113 Å². The number of rotatable bonds is 6. The van der Waals surface area contributed by atoms with Gasteiger partial charge in [0.15, 0.2) is 0 Å². The Hall–Kier alpha value is -1.44. The Labute approximate surface area is 246 Å². The van der Waals surface area contributed by atoms with E-state index >= 15 is 0 Å². The zero-order chi connectivity index (χ0) is 30.4. The van der Waals surface area contributed by atoms with E-state index in [1.165, 1.54) is 13.8 Å². The second-order valence-corrected chi connectivity index (χ2v) is 15.7. The van der Waals surface area contributed by atoms with Crippen molar-refractivity contribution >= 4 is 11.9 Å². The van der Waals surface area contributed by atoms with Crippen LogP contribution in [-0.2, 0) is 19.1 Å². The summed E-state index contributed by atoms with van der Waals surface area (Å²) in [6.07, 6.45) is 1.97. The molecule has 232 valence electrons. The Morgan fingerprint density at radius 3 is 2.22 bits per heavy atom. The quantitative estimate of drug-likeness (QED) is 0.305. The fraction of sp³-hybridized carbons (Fsp3) is 0.882. The number of hydrogen-bond acceptors (Lipinski definition) is 7. The van der Waals surface area contributed by atoms with E-state index in [0.717, 1.165) is 12.0 Å². The second-order valence-electron chi connectivity index (χ2n) is 15.7. The maximum Gasteiger partial charge on any atom is 0.303 e. The molecule has 7 nitrogen and oxygen atoms in total. The Morgan fingerprint density at radius 1 is 1.00 bits per heavy atom. The lowest BCUT2D eigenvalue weighted by molar-refractivity contribution is -0.233. The van der Waals surface area contributed by atoms with Crippen LogP contribution in [-0.4, -0.2) is 57.8 Å². The maximum absolute atomic E-state index is 12.7. The van der Waals surface area contributed by atoms with Crippen molar-refractivity contribution in [1.29, 1.82) is 0 Å². The number of carbonyl (C=O) groups is 2. The van der Waals surface area contributed by atoms with E-state index < -0.39 is 41.2 Å². The molecule has 5 rings (SSSR count). The van der Waals surface area contributed by atoms with Gasteiger partial charge in [-0.05, 0) is 78.4 Å². The van der Waals surface area contributed by atoms with Gasteiger partial charge in [-0.2, -0.15) is 0 Å². The van der Waals surface area contributed by atoms with E-state index in [1.54, 1.807) is 0 Å². The summed E-state index contributed by atoms with van der Waals surface area (Å²) in [5.41, 5.74) is 0.0383. The molecular weight excluding hydrogens is 520 g/mol. The van der Waals surface area contributed by atoms with Crippen LogP contribution in [0.4, 0.5) is 0 Å². The van der Waals surface area contributed by atoms with Crippen molar-refractivity contribution in [1.82, 2.24) is 0 Å². The molecule has 4 saturated carbocycles. The number of aliphatic hydroxyl groups excluding tert-OH is 3. The monoisotopic (exact) mass is 574 g/mol. The van der Waals surface area contributed by atoms with Gasteiger partial charge in [-0.25, -0.2) is 0 Å². The molecule has 3 N–H and O–H groups in total.